The van der Waals surface area contributed by atoms with Crippen LogP contribution in [0.15, 0.2) is 40.2 Å². The largest absolute Gasteiger partial charge is 0.369 e. The molecule has 0 saturated carbocycles. The minimum Gasteiger partial charge on any atom is -0.369 e. The highest BCUT2D eigenvalue weighted by Gasteiger charge is 2.37. The summed E-state index contributed by atoms with van der Waals surface area (Å²) in [4.78, 5) is 43.9. The van der Waals surface area contributed by atoms with Gasteiger partial charge in [0.05, 0.1) is 41.5 Å². The van der Waals surface area contributed by atoms with Crippen LogP contribution in [0, 0.1) is 13.8 Å². The fourth-order valence-corrected chi connectivity index (χ4v) is 3.66. The van der Waals surface area contributed by atoms with Crippen molar-refractivity contribution in [1.29, 1.82) is 0 Å². The lowest BCUT2D eigenvalue weighted by Crippen LogP contribution is -2.47. The number of aliphatic imine (C=N–C) groups is 1. The molecule has 1 amide bonds. The molecule has 1 unspecified atom stereocenters. The molecule has 164 valence electrons. The molecule has 1 aliphatic heterocycles. The third-order valence-corrected chi connectivity index (χ3v) is 5.54. The lowest BCUT2D eigenvalue weighted by molar-refractivity contribution is -0.128. The van der Waals surface area contributed by atoms with Crippen LogP contribution in [0.4, 0.5) is 0 Å². The van der Waals surface area contributed by atoms with E-state index in [9.17, 15) is 9.59 Å². The molecule has 4 rings (SSSR count). The number of aromatic nitrogens is 4. The number of rotatable bonds is 5. The van der Waals surface area contributed by atoms with Crippen molar-refractivity contribution in [2.75, 3.05) is 7.05 Å². The van der Waals surface area contributed by atoms with Crippen LogP contribution < -0.4 is 5.73 Å². The Labute approximate surface area is 184 Å². The van der Waals surface area contributed by atoms with Crippen LogP contribution in [0.1, 0.15) is 46.5 Å². The first kappa shape index (κ1) is 21.3. The summed E-state index contributed by atoms with van der Waals surface area (Å²) in [5.41, 5.74) is 8.65. The number of aryl methyl sites for hydroxylation is 2. The lowest BCUT2D eigenvalue weighted by Gasteiger charge is -2.32. The maximum absolute atomic E-state index is 12.8. The number of carbonyl (C=O) groups excluding carboxylic acids is 2. The van der Waals surface area contributed by atoms with Gasteiger partial charge < -0.3 is 10.3 Å². The molecule has 0 spiro atoms. The molecule has 0 aliphatic carbocycles. The Morgan fingerprint density at radius 1 is 1.25 bits per heavy atom. The predicted octanol–water partition coefficient (Wildman–Crippen LogP) is 1.96. The van der Waals surface area contributed by atoms with Crippen molar-refractivity contribution in [1.82, 2.24) is 25.0 Å². The Hall–Kier alpha value is -3.95. The van der Waals surface area contributed by atoms with Crippen LogP contribution in [-0.4, -0.2) is 49.7 Å². The van der Waals surface area contributed by atoms with Crippen molar-refractivity contribution in [3.8, 4) is 11.3 Å². The number of carbonyl (C=O) groups is 2. The van der Waals surface area contributed by atoms with Crippen molar-refractivity contribution >= 4 is 17.6 Å². The molecule has 2 N–H and O–H groups in total. The van der Waals surface area contributed by atoms with E-state index in [1.807, 2.05) is 6.92 Å². The van der Waals surface area contributed by atoms with Gasteiger partial charge in [-0.2, -0.15) is 0 Å². The zero-order valence-corrected chi connectivity index (χ0v) is 18.3. The molecule has 3 aromatic heterocycles. The first-order valence-electron chi connectivity index (χ1n) is 10.0. The molecular weight excluding hydrogens is 410 g/mol. The van der Waals surface area contributed by atoms with Crippen LogP contribution in [0.3, 0.4) is 0 Å². The molecule has 3 aromatic rings. The van der Waals surface area contributed by atoms with Crippen LogP contribution in [0.5, 0.6) is 0 Å². The number of nitrogens with two attached hydrogens (primary N) is 1. The van der Waals surface area contributed by atoms with Gasteiger partial charge in [0.25, 0.3) is 0 Å². The molecule has 1 atom stereocenters. The van der Waals surface area contributed by atoms with Crippen LogP contribution in [0.25, 0.3) is 11.3 Å². The van der Waals surface area contributed by atoms with Crippen molar-refractivity contribution < 1.29 is 14.1 Å². The second-order valence-corrected chi connectivity index (χ2v) is 8.01. The number of hydrogen-bond donors (Lipinski definition) is 1. The van der Waals surface area contributed by atoms with Crippen LogP contribution >= 0.6 is 0 Å². The van der Waals surface area contributed by atoms with E-state index >= 15 is 0 Å². The van der Waals surface area contributed by atoms with Crippen molar-refractivity contribution in [3.05, 3.63) is 59.1 Å². The summed E-state index contributed by atoms with van der Waals surface area (Å²) in [6.45, 7) is 5.43. The van der Waals surface area contributed by atoms with Gasteiger partial charge in [0.15, 0.2) is 11.7 Å². The number of ketones is 1. The molecule has 4 heterocycles. The van der Waals surface area contributed by atoms with Gasteiger partial charge in [-0.15, -0.1) is 0 Å². The van der Waals surface area contributed by atoms with Gasteiger partial charge in [-0.3, -0.25) is 24.5 Å². The highest BCUT2D eigenvalue weighted by molar-refractivity contribution is 5.98. The quantitative estimate of drug-likeness (QED) is 0.602. The number of Topliss-reactive ketones (excluding diaryl/α,β-unsaturated/α-hetero) is 1. The maximum atomic E-state index is 12.8. The summed E-state index contributed by atoms with van der Waals surface area (Å²) < 4.78 is 5.16. The summed E-state index contributed by atoms with van der Waals surface area (Å²) in [5, 5.41) is 3.92. The third kappa shape index (κ3) is 3.86. The number of nitrogens with zero attached hydrogens (tertiary/aromatic N) is 6. The van der Waals surface area contributed by atoms with E-state index in [2.05, 4.69) is 25.1 Å². The minimum atomic E-state index is -0.886. The van der Waals surface area contributed by atoms with E-state index < -0.39 is 5.54 Å². The third-order valence-electron chi connectivity index (χ3n) is 5.54. The van der Waals surface area contributed by atoms with Gasteiger partial charge in [-0.1, -0.05) is 5.16 Å². The van der Waals surface area contributed by atoms with Gasteiger partial charge in [-0.05, 0) is 38.5 Å². The number of pyridine rings is 1. The number of guanidine groups is 1. The molecule has 1 aliphatic rings. The summed E-state index contributed by atoms with van der Waals surface area (Å²) in [5.74, 6) is 0.453. The second-order valence-electron chi connectivity index (χ2n) is 8.01. The van der Waals surface area contributed by atoms with Crippen LogP contribution in [-0.2, 0) is 16.8 Å². The van der Waals surface area contributed by atoms with Gasteiger partial charge in [0.1, 0.15) is 17.0 Å². The SMILES string of the molecule is Cc1noc(C)c1-c1cnc(C(=O)Cc2ccnc(C3(C)CC(=O)N(C)C(N)=N3)c2)cn1. The number of hydrogen-bond acceptors (Lipinski definition) is 9. The molecule has 10 nitrogen and oxygen atoms in total. The molecule has 0 radical (unpaired) electrons. The Kier molecular flexibility index (Phi) is 5.29. The standard InChI is InChI=1S/C22H23N7O3/c1-12-20(13(2)32-28-12)16-11-25-15(10-26-16)17(30)7-14-5-6-24-18(8-14)22(3)9-19(31)29(4)21(23)27-22/h5-6,8,10-11H,7,9H2,1-4H3,(H2,23,27). The smallest absolute Gasteiger partial charge is 0.231 e. The monoisotopic (exact) mass is 433 g/mol. The van der Waals surface area contributed by atoms with E-state index in [0.717, 1.165) is 11.1 Å². The topological polar surface area (TPSA) is 140 Å². The fraction of sp³-hybridized carbons (Fsp3) is 0.318. The van der Waals surface area contributed by atoms with E-state index in [0.29, 0.717) is 22.8 Å². The first-order valence-corrected chi connectivity index (χ1v) is 10.0. The Balaban J connectivity index is 1.54. The van der Waals surface area contributed by atoms with Gasteiger partial charge >= 0.3 is 0 Å². The highest BCUT2D eigenvalue weighted by atomic mass is 16.5. The highest BCUT2D eigenvalue weighted by Crippen LogP contribution is 2.32. The predicted molar refractivity (Wildman–Crippen MR) is 116 cm³/mol. The van der Waals surface area contributed by atoms with E-state index in [4.69, 9.17) is 10.3 Å². The number of amides is 1. The molecule has 10 heteroatoms. The van der Waals surface area contributed by atoms with Crippen molar-refractivity contribution in [3.63, 3.8) is 0 Å². The molecule has 0 fully saturated rings. The average molecular weight is 433 g/mol. The fourth-order valence-electron chi connectivity index (χ4n) is 3.66. The van der Waals surface area contributed by atoms with Crippen molar-refractivity contribution in [2.45, 2.75) is 39.2 Å². The Bertz CT molecular complexity index is 1210. The first-order chi connectivity index (χ1) is 15.2. The van der Waals surface area contributed by atoms with Gasteiger partial charge in [0.2, 0.25) is 5.91 Å². The van der Waals surface area contributed by atoms with Crippen LogP contribution in [0.2, 0.25) is 0 Å². The maximum Gasteiger partial charge on any atom is 0.231 e. The van der Waals surface area contributed by atoms with E-state index in [1.54, 1.807) is 45.4 Å². The Morgan fingerprint density at radius 3 is 2.66 bits per heavy atom. The lowest BCUT2D eigenvalue weighted by atomic mass is 9.90. The van der Waals surface area contributed by atoms with E-state index in [1.165, 1.54) is 11.1 Å². The summed E-state index contributed by atoms with van der Waals surface area (Å²) in [7, 11) is 1.58. The molecule has 0 bridgehead atoms. The normalized spacial score (nSPS) is 18.6. The zero-order chi connectivity index (χ0) is 23.0. The molecule has 0 aromatic carbocycles. The van der Waals surface area contributed by atoms with Crippen molar-refractivity contribution in [2.24, 2.45) is 10.7 Å². The van der Waals surface area contributed by atoms with Gasteiger partial charge in [-0.25, -0.2) is 9.98 Å². The minimum absolute atomic E-state index is 0.109. The zero-order valence-electron chi connectivity index (χ0n) is 18.3. The molecule has 0 saturated heterocycles. The summed E-state index contributed by atoms with van der Waals surface area (Å²) in [6.07, 6.45) is 4.85. The second kappa shape index (κ2) is 7.95. The molecule has 32 heavy (non-hydrogen) atoms. The molecular formula is C22H23N7O3. The summed E-state index contributed by atoms with van der Waals surface area (Å²) in [6, 6.07) is 3.53. The van der Waals surface area contributed by atoms with Gasteiger partial charge in [0, 0.05) is 19.7 Å². The summed E-state index contributed by atoms with van der Waals surface area (Å²) >= 11 is 0. The van der Waals surface area contributed by atoms with E-state index in [-0.39, 0.29) is 36.2 Å². The average Bonchev–Trinajstić information content (AvgIpc) is 3.10. The Morgan fingerprint density at radius 2 is 2.03 bits per heavy atom.